The molecule has 20 heavy (non-hydrogen) atoms. The van der Waals surface area contributed by atoms with Crippen LogP contribution in [0.5, 0.6) is 5.75 Å². The van der Waals surface area contributed by atoms with Crippen molar-refractivity contribution in [3.05, 3.63) is 29.8 Å². The maximum atomic E-state index is 11.2. The fraction of sp³-hybridized carbons (Fsp3) is 0.467. The Hall–Kier alpha value is -2.06. The number of rotatable bonds is 6. The molecule has 5 nitrogen and oxygen atoms in total. The molecule has 1 saturated heterocycles. The first-order valence-corrected chi connectivity index (χ1v) is 6.87. The zero-order valence-electron chi connectivity index (χ0n) is 11.4. The van der Waals surface area contributed by atoms with Crippen LogP contribution in [0.3, 0.4) is 0 Å². The Morgan fingerprint density at radius 1 is 1.45 bits per heavy atom. The third kappa shape index (κ3) is 3.72. The van der Waals surface area contributed by atoms with Crippen molar-refractivity contribution in [2.75, 3.05) is 19.7 Å². The number of primary amides is 1. The summed E-state index contributed by atoms with van der Waals surface area (Å²) >= 11 is 0. The van der Waals surface area contributed by atoms with Gasteiger partial charge in [0.05, 0.1) is 24.3 Å². The fourth-order valence-corrected chi connectivity index (χ4v) is 2.50. The summed E-state index contributed by atoms with van der Waals surface area (Å²) < 4.78 is 5.61. The molecule has 0 radical (unpaired) electrons. The van der Waals surface area contributed by atoms with Crippen molar-refractivity contribution >= 4 is 5.91 Å². The summed E-state index contributed by atoms with van der Waals surface area (Å²) in [7, 11) is 0. The number of hydrogen-bond acceptors (Lipinski definition) is 4. The van der Waals surface area contributed by atoms with Gasteiger partial charge in [-0.1, -0.05) is 0 Å². The molecular formula is C15H19N3O2. The Morgan fingerprint density at radius 2 is 2.20 bits per heavy atom. The van der Waals surface area contributed by atoms with Gasteiger partial charge in [-0.25, -0.2) is 0 Å². The molecule has 1 aromatic rings. The SMILES string of the molecule is N#Cc1ccc(OCCCN2CCCC2C(N)=O)cc1. The number of benzene rings is 1. The monoisotopic (exact) mass is 273 g/mol. The van der Waals surface area contributed by atoms with Crippen molar-refractivity contribution in [2.45, 2.75) is 25.3 Å². The highest BCUT2D eigenvalue weighted by molar-refractivity contribution is 5.80. The number of carbonyl (C=O) groups is 1. The van der Waals surface area contributed by atoms with Crippen LogP contribution in [0.4, 0.5) is 0 Å². The molecular weight excluding hydrogens is 254 g/mol. The molecule has 1 aliphatic rings. The Bertz CT molecular complexity index is 493. The summed E-state index contributed by atoms with van der Waals surface area (Å²) in [5.41, 5.74) is 6.00. The summed E-state index contributed by atoms with van der Waals surface area (Å²) in [5.74, 6) is 0.535. The fourth-order valence-electron chi connectivity index (χ4n) is 2.50. The second-order valence-electron chi connectivity index (χ2n) is 4.93. The van der Waals surface area contributed by atoms with Crippen LogP contribution in [0.25, 0.3) is 0 Å². The van der Waals surface area contributed by atoms with E-state index in [1.807, 2.05) is 0 Å². The molecule has 0 aromatic heterocycles. The van der Waals surface area contributed by atoms with Gasteiger partial charge in [0, 0.05) is 6.54 Å². The zero-order chi connectivity index (χ0) is 14.4. The topological polar surface area (TPSA) is 79.3 Å². The minimum Gasteiger partial charge on any atom is -0.494 e. The molecule has 106 valence electrons. The number of amides is 1. The number of likely N-dealkylation sites (tertiary alicyclic amines) is 1. The van der Waals surface area contributed by atoms with Crippen molar-refractivity contribution in [1.29, 1.82) is 5.26 Å². The second-order valence-corrected chi connectivity index (χ2v) is 4.93. The molecule has 2 N–H and O–H groups in total. The molecule has 1 aliphatic heterocycles. The lowest BCUT2D eigenvalue weighted by Crippen LogP contribution is -2.40. The molecule has 0 bridgehead atoms. The molecule has 1 amide bonds. The lowest BCUT2D eigenvalue weighted by molar-refractivity contribution is -0.122. The molecule has 1 heterocycles. The molecule has 0 saturated carbocycles. The van der Waals surface area contributed by atoms with E-state index < -0.39 is 0 Å². The average molecular weight is 273 g/mol. The Balaban J connectivity index is 1.71. The van der Waals surface area contributed by atoms with Crippen molar-refractivity contribution in [3.63, 3.8) is 0 Å². The molecule has 0 aliphatic carbocycles. The van der Waals surface area contributed by atoms with Gasteiger partial charge in [-0.3, -0.25) is 9.69 Å². The highest BCUT2D eigenvalue weighted by Crippen LogP contribution is 2.17. The molecule has 5 heteroatoms. The largest absolute Gasteiger partial charge is 0.494 e. The van der Waals surface area contributed by atoms with E-state index in [9.17, 15) is 4.79 Å². The quantitative estimate of drug-likeness (QED) is 0.792. The van der Waals surface area contributed by atoms with Crippen LogP contribution in [-0.2, 0) is 4.79 Å². The van der Waals surface area contributed by atoms with Gasteiger partial charge in [0.1, 0.15) is 5.75 Å². The number of nitrogens with two attached hydrogens (primary N) is 1. The Kier molecular flexibility index (Phi) is 4.97. The van der Waals surface area contributed by atoms with E-state index in [-0.39, 0.29) is 11.9 Å². The van der Waals surface area contributed by atoms with E-state index in [0.717, 1.165) is 38.1 Å². The van der Waals surface area contributed by atoms with E-state index in [1.165, 1.54) is 0 Å². The normalized spacial score (nSPS) is 18.6. The zero-order valence-corrected chi connectivity index (χ0v) is 11.4. The van der Waals surface area contributed by atoms with Crippen molar-refractivity contribution in [2.24, 2.45) is 5.73 Å². The number of carbonyl (C=O) groups excluding carboxylic acids is 1. The third-order valence-electron chi connectivity index (χ3n) is 3.53. The summed E-state index contributed by atoms with van der Waals surface area (Å²) in [4.78, 5) is 13.4. The molecule has 1 aromatic carbocycles. The molecule has 1 unspecified atom stereocenters. The molecule has 2 rings (SSSR count). The van der Waals surface area contributed by atoms with E-state index >= 15 is 0 Å². The Labute approximate surface area is 118 Å². The van der Waals surface area contributed by atoms with Crippen LogP contribution in [-0.4, -0.2) is 36.5 Å². The molecule has 1 fully saturated rings. The predicted molar refractivity (Wildman–Crippen MR) is 75.1 cm³/mol. The predicted octanol–water partition coefficient (Wildman–Crippen LogP) is 1.28. The Morgan fingerprint density at radius 3 is 2.85 bits per heavy atom. The van der Waals surface area contributed by atoms with Crippen molar-refractivity contribution < 1.29 is 9.53 Å². The average Bonchev–Trinajstić information content (AvgIpc) is 2.93. The highest BCUT2D eigenvalue weighted by Gasteiger charge is 2.28. The van der Waals surface area contributed by atoms with Crippen LogP contribution in [0.1, 0.15) is 24.8 Å². The highest BCUT2D eigenvalue weighted by atomic mass is 16.5. The first kappa shape index (κ1) is 14.4. The van der Waals surface area contributed by atoms with Gasteiger partial charge in [0.2, 0.25) is 5.91 Å². The number of ether oxygens (including phenoxy) is 1. The van der Waals surface area contributed by atoms with Crippen LogP contribution in [0.2, 0.25) is 0 Å². The minimum absolute atomic E-state index is 0.107. The smallest absolute Gasteiger partial charge is 0.234 e. The van der Waals surface area contributed by atoms with Gasteiger partial charge in [-0.2, -0.15) is 5.26 Å². The van der Waals surface area contributed by atoms with E-state index in [1.54, 1.807) is 24.3 Å². The minimum atomic E-state index is -0.226. The van der Waals surface area contributed by atoms with Crippen LogP contribution in [0.15, 0.2) is 24.3 Å². The standard InChI is InChI=1S/C15H19N3O2/c16-11-12-4-6-13(7-5-12)20-10-2-9-18-8-1-3-14(18)15(17)19/h4-7,14H,1-3,8-10H2,(H2,17,19). The first-order chi connectivity index (χ1) is 9.70. The van der Waals surface area contributed by atoms with Gasteiger partial charge < -0.3 is 10.5 Å². The summed E-state index contributed by atoms with van der Waals surface area (Å²) in [6.07, 6.45) is 2.75. The van der Waals surface area contributed by atoms with Gasteiger partial charge >= 0.3 is 0 Å². The maximum Gasteiger partial charge on any atom is 0.234 e. The van der Waals surface area contributed by atoms with Gasteiger partial charge in [0.25, 0.3) is 0 Å². The number of nitriles is 1. The van der Waals surface area contributed by atoms with Crippen LogP contribution < -0.4 is 10.5 Å². The van der Waals surface area contributed by atoms with Gasteiger partial charge in [-0.05, 0) is 50.1 Å². The molecule has 0 spiro atoms. The summed E-state index contributed by atoms with van der Waals surface area (Å²) in [6.45, 7) is 2.35. The van der Waals surface area contributed by atoms with Gasteiger partial charge in [-0.15, -0.1) is 0 Å². The van der Waals surface area contributed by atoms with Crippen LogP contribution in [0, 0.1) is 11.3 Å². The van der Waals surface area contributed by atoms with E-state index in [0.29, 0.717) is 12.2 Å². The molecule has 1 atom stereocenters. The third-order valence-corrected chi connectivity index (χ3v) is 3.53. The summed E-state index contributed by atoms with van der Waals surface area (Å²) in [5, 5.41) is 8.70. The number of nitrogens with zero attached hydrogens (tertiary/aromatic N) is 2. The van der Waals surface area contributed by atoms with Crippen molar-refractivity contribution in [3.8, 4) is 11.8 Å². The van der Waals surface area contributed by atoms with E-state index in [4.69, 9.17) is 15.7 Å². The summed E-state index contributed by atoms with van der Waals surface area (Å²) in [6, 6.07) is 9.02. The maximum absolute atomic E-state index is 11.2. The lowest BCUT2D eigenvalue weighted by Gasteiger charge is -2.21. The van der Waals surface area contributed by atoms with Crippen molar-refractivity contribution in [1.82, 2.24) is 4.90 Å². The van der Waals surface area contributed by atoms with Crippen LogP contribution >= 0.6 is 0 Å². The second kappa shape index (κ2) is 6.92. The first-order valence-electron chi connectivity index (χ1n) is 6.87. The number of hydrogen-bond donors (Lipinski definition) is 1. The van der Waals surface area contributed by atoms with Gasteiger partial charge in [0.15, 0.2) is 0 Å². The lowest BCUT2D eigenvalue weighted by atomic mass is 10.2. The van der Waals surface area contributed by atoms with E-state index in [2.05, 4.69) is 11.0 Å².